The number of allylic oxidation sites excluding steroid dienone is 4. The summed E-state index contributed by atoms with van der Waals surface area (Å²) < 4.78 is 39.5. The topological polar surface area (TPSA) is 25.8 Å². The van der Waals surface area contributed by atoms with Gasteiger partial charge in [-0.25, -0.2) is 9.97 Å². The zero-order chi connectivity index (χ0) is 15.9. The second-order valence-electron chi connectivity index (χ2n) is 4.99. The predicted molar refractivity (Wildman–Crippen MR) is 78.2 cm³/mol. The smallest absolute Gasteiger partial charge is 0.249 e. The first-order valence-corrected chi connectivity index (χ1v) is 6.62. The summed E-state index contributed by atoms with van der Waals surface area (Å²) in [7, 11) is 0. The van der Waals surface area contributed by atoms with E-state index in [0.29, 0.717) is 16.7 Å². The number of rotatable bonds is 1. The highest BCUT2D eigenvalue weighted by atomic mass is 19.4. The van der Waals surface area contributed by atoms with Crippen LogP contribution in [-0.2, 0) is 0 Å². The van der Waals surface area contributed by atoms with E-state index in [1.54, 1.807) is 13.0 Å². The quantitative estimate of drug-likeness (QED) is 0.727. The Morgan fingerprint density at radius 2 is 1.86 bits per heavy atom. The molecule has 1 aliphatic carbocycles. The molecule has 0 saturated carbocycles. The summed E-state index contributed by atoms with van der Waals surface area (Å²) in [6.07, 6.45) is -1.77. The highest BCUT2D eigenvalue weighted by Gasteiger charge is 2.38. The van der Waals surface area contributed by atoms with E-state index in [9.17, 15) is 13.2 Å². The van der Waals surface area contributed by atoms with Gasteiger partial charge in [0.25, 0.3) is 0 Å². The van der Waals surface area contributed by atoms with Gasteiger partial charge < -0.3 is 0 Å². The fraction of sp³-hybridized carbons (Fsp3) is 0.176. The number of para-hydroxylation sites is 1. The maximum absolute atomic E-state index is 13.2. The van der Waals surface area contributed by atoms with Crippen LogP contribution in [0, 0.1) is 13.8 Å². The van der Waals surface area contributed by atoms with Crippen LogP contribution in [0.3, 0.4) is 0 Å². The van der Waals surface area contributed by atoms with E-state index >= 15 is 0 Å². The molecule has 0 bridgehead atoms. The van der Waals surface area contributed by atoms with Crippen molar-refractivity contribution >= 4 is 16.6 Å². The summed E-state index contributed by atoms with van der Waals surface area (Å²) in [5, 5.41) is 0. The number of halogens is 3. The van der Waals surface area contributed by atoms with Crippen LogP contribution in [0.5, 0.6) is 0 Å². The van der Waals surface area contributed by atoms with Gasteiger partial charge in [0.15, 0.2) is 0 Å². The molecule has 5 heteroatoms. The Balaban J connectivity index is 2.25. The molecule has 22 heavy (non-hydrogen) atoms. The van der Waals surface area contributed by atoms with Crippen molar-refractivity contribution in [3.63, 3.8) is 0 Å². The van der Waals surface area contributed by atoms with Gasteiger partial charge in [0.2, 0.25) is 0 Å². The number of hydrogen-bond acceptors (Lipinski definition) is 2. The molecule has 0 N–H and O–H groups in total. The molecule has 1 heterocycles. The average molecular weight is 300 g/mol. The van der Waals surface area contributed by atoms with Gasteiger partial charge in [-0.1, -0.05) is 23.6 Å². The molecule has 0 atom stereocenters. The number of aromatic nitrogens is 2. The van der Waals surface area contributed by atoms with E-state index in [-0.39, 0.29) is 11.3 Å². The second kappa shape index (κ2) is 4.99. The van der Waals surface area contributed by atoms with Crippen LogP contribution in [0.1, 0.15) is 17.0 Å². The van der Waals surface area contributed by atoms with Crippen LogP contribution in [0.2, 0.25) is 0 Å². The van der Waals surface area contributed by atoms with Gasteiger partial charge in [-0.05, 0) is 37.6 Å². The first-order chi connectivity index (χ1) is 10.4. The largest absolute Gasteiger partial charge is 0.424 e. The summed E-state index contributed by atoms with van der Waals surface area (Å²) in [5.41, 5.74) is 6.40. The molecule has 0 aliphatic heterocycles. The van der Waals surface area contributed by atoms with Crippen molar-refractivity contribution in [2.24, 2.45) is 0 Å². The van der Waals surface area contributed by atoms with Crippen LogP contribution < -0.4 is 0 Å². The third-order valence-corrected chi connectivity index (χ3v) is 3.41. The molecule has 0 spiro atoms. The zero-order valence-electron chi connectivity index (χ0n) is 11.9. The lowest BCUT2D eigenvalue weighted by Crippen LogP contribution is -2.15. The molecule has 3 rings (SSSR count). The van der Waals surface area contributed by atoms with Crippen molar-refractivity contribution in [2.75, 3.05) is 0 Å². The Hall–Kier alpha value is -2.61. The van der Waals surface area contributed by atoms with Crippen molar-refractivity contribution in [3.8, 4) is 0 Å². The van der Waals surface area contributed by atoms with Gasteiger partial charge in [-0.15, -0.1) is 0 Å². The van der Waals surface area contributed by atoms with Crippen molar-refractivity contribution in [1.82, 2.24) is 9.97 Å². The molecule has 0 saturated heterocycles. The first-order valence-electron chi connectivity index (χ1n) is 6.62. The van der Waals surface area contributed by atoms with Crippen molar-refractivity contribution < 1.29 is 13.2 Å². The molecular weight excluding hydrogens is 289 g/mol. The maximum atomic E-state index is 13.2. The normalized spacial score (nSPS) is 14.2. The van der Waals surface area contributed by atoms with Gasteiger partial charge in [-0.3, -0.25) is 0 Å². The summed E-state index contributed by atoms with van der Waals surface area (Å²) in [4.78, 5) is 8.80. The van der Waals surface area contributed by atoms with Crippen LogP contribution >= 0.6 is 0 Å². The number of alkyl halides is 3. The summed E-state index contributed by atoms with van der Waals surface area (Å²) in [5.74, 6) is 0. The SMILES string of the molecule is Cc1nc2cccc(C)c2nc1C1=CC=C=C=C1C(F)(F)F. The molecule has 0 unspecified atom stereocenters. The van der Waals surface area contributed by atoms with E-state index < -0.39 is 11.7 Å². The highest BCUT2D eigenvalue weighted by Crippen LogP contribution is 2.37. The van der Waals surface area contributed by atoms with E-state index in [4.69, 9.17) is 0 Å². The number of benzene rings is 1. The van der Waals surface area contributed by atoms with E-state index in [0.717, 1.165) is 5.56 Å². The Labute approximate surface area is 125 Å². The average Bonchev–Trinajstić information content (AvgIpc) is 2.46. The second-order valence-corrected chi connectivity index (χ2v) is 4.99. The molecular formula is C17H11F3N2. The minimum absolute atomic E-state index is 0.0265. The number of aryl methyl sites for hydroxylation is 2. The maximum Gasteiger partial charge on any atom is 0.424 e. The molecule has 0 amide bonds. The van der Waals surface area contributed by atoms with Gasteiger partial charge in [-0.2, -0.15) is 13.2 Å². The lowest BCUT2D eigenvalue weighted by Gasteiger charge is -2.15. The summed E-state index contributed by atoms with van der Waals surface area (Å²) in [6, 6.07) is 5.49. The first kappa shape index (κ1) is 14.3. The summed E-state index contributed by atoms with van der Waals surface area (Å²) in [6.45, 7) is 3.51. The third-order valence-electron chi connectivity index (χ3n) is 3.41. The van der Waals surface area contributed by atoms with Crippen LogP contribution in [-0.4, -0.2) is 16.1 Å². The minimum atomic E-state index is -4.51. The van der Waals surface area contributed by atoms with E-state index in [1.165, 1.54) is 12.2 Å². The predicted octanol–water partition coefficient (Wildman–Crippen LogP) is 4.44. The minimum Gasteiger partial charge on any atom is -0.249 e. The van der Waals surface area contributed by atoms with Crippen molar-refractivity contribution in [3.05, 3.63) is 64.3 Å². The summed E-state index contributed by atoms with van der Waals surface area (Å²) >= 11 is 0. The Morgan fingerprint density at radius 3 is 2.59 bits per heavy atom. The lowest BCUT2D eigenvalue weighted by atomic mass is 9.98. The van der Waals surface area contributed by atoms with E-state index in [1.807, 2.05) is 19.1 Å². The molecule has 0 radical (unpaired) electrons. The molecule has 1 aromatic carbocycles. The fourth-order valence-electron chi connectivity index (χ4n) is 2.37. The monoisotopic (exact) mass is 300 g/mol. The number of fused-ring (bicyclic) bond motifs is 1. The van der Waals surface area contributed by atoms with Crippen molar-refractivity contribution in [1.29, 1.82) is 0 Å². The van der Waals surface area contributed by atoms with Gasteiger partial charge in [0.1, 0.15) is 5.57 Å². The lowest BCUT2D eigenvalue weighted by molar-refractivity contribution is -0.0869. The van der Waals surface area contributed by atoms with Crippen LogP contribution in [0.15, 0.2) is 47.4 Å². The Morgan fingerprint density at radius 1 is 1.09 bits per heavy atom. The highest BCUT2D eigenvalue weighted by molar-refractivity contribution is 5.85. The standard InChI is InChI=1S/C17H11F3N2/c1-10-6-5-9-14-15(10)22-16(11(2)21-14)12-7-3-4-8-13(12)17(18,19)20/h3,5-7,9H,1-2H3. The molecule has 0 fully saturated rings. The van der Waals surface area contributed by atoms with Gasteiger partial charge >= 0.3 is 6.18 Å². The molecule has 1 aliphatic rings. The third kappa shape index (κ3) is 2.37. The van der Waals surface area contributed by atoms with Crippen LogP contribution in [0.4, 0.5) is 13.2 Å². The Bertz CT molecular complexity index is 907. The molecule has 110 valence electrons. The molecule has 2 aromatic rings. The number of nitrogens with zero attached hydrogens (tertiary/aromatic N) is 2. The zero-order valence-corrected chi connectivity index (χ0v) is 11.9. The molecule has 2 nitrogen and oxygen atoms in total. The van der Waals surface area contributed by atoms with Crippen LogP contribution in [0.25, 0.3) is 16.6 Å². The molecule has 1 aromatic heterocycles. The van der Waals surface area contributed by atoms with Crippen molar-refractivity contribution in [2.45, 2.75) is 20.0 Å². The van der Waals surface area contributed by atoms with Gasteiger partial charge in [0, 0.05) is 5.57 Å². The van der Waals surface area contributed by atoms with E-state index in [2.05, 4.69) is 21.4 Å². The van der Waals surface area contributed by atoms with Gasteiger partial charge in [0.05, 0.1) is 22.4 Å². The number of hydrogen-bond donors (Lipinski definition) is 0. The fourth-order valence-corrected chi connectivity index (χ4v) is 2.37. The Kier molecular flexibility index (Phi) is 3.25.